The standard InChI is InChI=1S/C25H30F3N7O5/c1-16-14-19(3-2-17(16)15-32-7-4-18(5-8-32)29-24(39)40)35-9-6-20(31-23(35)38)30-22(37)34-12-10-33(11-13-34)21(36)25(26,27)28/h2-3,6,9,14,18,29H,4-5,7-8,10-13,15H2,1H3,(H,39,40)(H,30,31,37,38). The van der Waals surface area contributed by atoms with Gasteiger partial charge >= 0.3 is 29.9 Å². The Hall–Kier alpha value is -4.14. The maximum atomic E-state index is 12.7. The third-order valence-corrected chi connectivity index (χ3v) is 7.05. The fourth-order valence-electron chi connectivity index (χ4n) is 4.81. The van der Waals surface area contributed by atoms with E-state index in [4.69, 9.17) is 5.11 Å². The van der Waals surface area contributed by atoms with Crippen LogP contribution in [0.3, 0.4) is 0 Å². The number of urea groups is 1. The van der Waals surface area contributed by atoms with E-state index in [0.29, 0.717) is 17.1 Å². The monoisotopic (exact) mass is 565 g/mol. The van der Waals surface area contributed by atoms with Crippen molar-refractivity contribution >= 4 is 23.8 Å². The topological polar surface area (TPSA) is 140 Å². The Balaban J connectivity index is 1.33. The summed E-state index contributed by atoms with van der Waals surface area (Å²) in [6, 6.07) is 6.36. The molecule has 0 unspecified atom stereocenters. The van der Waals surface area contributed by atoms with E-state index in [1.807, 2.05) is 19.1 Å². The molecule has 3 N–H and O–H groups in total. The van der Waals surface area contributed by atoms with Gasteiger partial charge in [0.15, 0.2) is 0 Å². The molecule has 0 bridgehead atoms. The number of rotatable bonds is 5. The smallest absolute Gasteiger partial charge is 0.465 e. The summed E-state index contributed by atoms with van der Waals surface area (Å²) in [5.74, 6) is -1.94. The van der Waals surface area contributed by atoms with Crippen LogP contribution in [0.2, 0.25) is 0 Å². The highest BCUT2D eigenvalue weighted by Crippen LogP contribution is 2.21. The van der Waals surface area contributed by atoms with Gasteiger partial charge in [0.2, 0.25) is 0 Å². The van der Waals surface area contributed by atoms with Crippen LogP contribution in [-0.2, 0) is 11.3 Å². The lowest BCUT2D eigenvalue weighted by Gasteiger charge is -2.34. The number of alkyl halides is 3. The number of likely N-dealkylation sites (tertiary alicyclic amines) is 1. The third kappa shape index (κ3) is 7.08. The van der Waals surface area contributed by atoms with Gasteiger partial charge in [-0.3, -0.25) is 19.6 Å². The number of aryl methyl sites for hydroxylation is 1. The summed E-state index contributed by atoms with van der Waals surface area (Å²) in [4.78, 5) is 55.5. The first-order valence-electron chi connectivity index (χ1n) is 12.7. The molecule has 2 fully saturated rings. The second kappa shape index (κ2) is 11.9. The average Bonchev–Trinajstić information content (AvgIpc) is 2.90. The van der Waals surface area contributed by atoms with E-state index >= 15 is 0 Å². The van der Waals surface area contributed by atoms with Gasteiger partial charge in [-0.15, -0.1) is 0 Å². The highest BCUT2D eigenvalue weighted by Gasteiger charge is 2.43. The van der Waals surface area contributed by atoms with Crippen LogP contribution < -0.4 is 16.3 Å². The first-order valence-corrected chi connectivity index (χ1v) is 12.7. The Morgan fingerprint density at radius 1 is 1.02 bits per heavy atom. The summed E-state index contributed by atoms with van der Waals surface area (Å²) in [7, 11) is 0. The van der Waals surface area contributed by atoms with Crippen LogP contribution in [-0.4, -0.2) is 98.9 Å². The second-order valence-electron chi connectivity index (χ2n) is 9.78. The van der Waals surface area contributed by atoms with Crippen LogP contribution in [0.4, 0.5) is 28.6 Å². The summed E-state index contributed by atoms with van der Waals surface area (Å²) in [6.45, 7) is 3.48. The van der Waals surface area contributed by atoms with Crippen molar-refractivity contribution in [2.24, 2.45) is 0 Å². The molecule has 3 heterocycles. The fourth-order valence-corrected chi connectivity index (χ4v) is 4.81. The number of benzene rings is 1. The zero-order chi connectivity index (χ0) is 29.0. The largest absolute Gasteiger partial charge is 0.471 e. The Bertz CT molecular complexity index is 1320. The lowest BCUT2D eigenvalue weighted by molar-refractivity contribution is -0.186. The van der Waals surface area contributed by atoms with E-state index in [1.54, 1.807) is 6.07 Å². The minimum absolute atomic E-state index is 0.00539. The molecule has 4 amide bonds. The summed E-state index contributed by atoms with van der Waals surface area (Å²) in [5, 5.41) is 13.9. The molecule has 0 saturated carbocycles. The van der Waals surface area contributed by atoms with E-state index in [-0.39, 0.29) is 38.0 Å². The van der Waals surface area contributed by atoms with Crippen molar-refractivity contribution in [2.75, 3.05) is 44.6 Å². The molecule has 4 rings (SSSR count). The predicted molar refractivity (Wildman–Crippen MR) is 137 cm³/mol. The molecule has 2 aliphatic heterocycles. The molecule has 1 aromatic heterocycles. The number of hydrogen-bond acceptors (Lipinski definition) is 6. The molecular weight excluding hydrogens is 535 g/mol. The molecule has 2 aliphatic rings. The van der Waals surface area contributed by atoms with Gasteiger partial charge in [-0.2, -0.15) is 18.2 Å². The van der Waals surface area contributed by atoms with Crippen LogP contribution in [0.15, 0.2) is 35.3 Å². The van der Waals surface area contributed by atoms with Crippen LogP contribution in [0.1, 0.15) is 24.0 Å². The molecule has 15 heteroatoms. The molecule has 0 atom stereocenters. The van der Waals surface area contributed by atoms with Gasteiger partial charge in [0.25, 0.3) is 0 Å². The maximum Gasteiger partial charge on any atom is 0.471 e. The number of nitrogens with zero attached hydrogens (tertiary/aromatic N) is 5. The SMILES string of the molecule is Cc1cc(-n2ccc(NC(=O)N3CCN(C(=O)C(F)(F)F)CC3)nc2=O)ccc1CN1CCC(NC(=O)O)CC1. The van der Waals surface area contributed by atoms with Crippen LogP contribution in [0.25, 0.3) is 5.69 Å². The van der Waals surface area contributed by atoms with Crippen molar-refractivity contribution in [1.29, 1.82) is 0 Å². The molecular formula is C25H30F3N7O5. The number of carbonyl (C=O) groups excluding carboxylic acids is 2. The molecule has 0 radical (unpaired) electrons. The molecule has 12 nitrogen and oxygen atoms in total. The van der Waals surface area contributed by atoms with Gasteiger partial charge in [-0.25, -0.2) is 14.4 Å². The summed E-state index contributed by atoms with van der Waals surface area (Å²) in [5.41, 5.74) is 2.01. The molecule has 0 aliphatic carbocycles. The number of anilines is 1. The number of carboxylic acid groups (broad SMARTS) is 1. The average molecular weight is 566 g/mol. The molecule has 2 saturated heterocycles. The number of piperidine rings is 1. The zero-order valence-electron chi connectivity index (χ0n) is 21.8. The Morgan fingerprint density at radius 2 is 1.68 bits per heavy atom. The zero-order valence-corrected chi connectivity index (χ0v) is 21.8. The van der Waals surface area contributed by atoms with Gasteiger partial charge in [-0.05, 0) is 49.1 Å². The van der Waals surface area contributed by atoms with Crippen LogP contribution in [0.5, 0.6) is 0 Å². The summed E-state index contributed by atoms with van der Waals surface area (Å²) in [6.07, 6.45) is -3.02. The fraction of sp³-hybridized carbons (Fsp3) is 0.480. The number of halogens is 3. The van der Waals surface area contributed by atoms with Crippen molar-refractivity contribution in [3.8, 4) is 5.69 Å². The quantitative estimate of drug-likeness (QED) is 0.504. The van der Waals surface area contributed by atoms with Gasteiger partial charge in [0.1, 0.15) is 5.82 Å². The first-order chi connectivity index (χ1) is 18.9. The van der Waals surface area contributed by atoms with Crippen LogP contribution in [0, 0.1) is 6.92 Å². The number of piperazine rings is 1. The number of hydrogen-bond donors (Lipinski definition) is 3. The number of aromatic nitrogens is 2. The molecule has 1 aromatic carbocycles. The molecule has 2 aromatic rings. The van der Waals surface area contributed by atoms with Gasteiger partial charge < -0.3 is 20.2 Å². The highest BCUT2D eigenvalue weighted by atomic mass is 19.4. The van der Waals surface area contributed by atoms with Gasteiger partial charge in [-0.1, -0.05) is 6.07 Å². The number of amides is 4. The van der Waals surface area contributed by atoms with E-state index in [2.05, 4.69) is 20.5 Å². The van der Waals surface area contributed by atoms with Crippen molar-refractivity contribution in [3.63, 3.8) is 0 Å². The van der Waals surface area contributed by atoms with Crippen molar-refractivity contribution in [3.05, 3.63) is 52.1 Å². The number of carbonyl (C=O) groups is 3. The Kier molecular flexibility index (Phi) is 8.61. The minimum atomic E-state index is -4.96. The van der Waals surface area contributed by atoms with Gasteiger partial charge in [0.05, 0.1) is 5.69 Å². The van der Waals surface area contributed by atoms with E-state index in [9.17, 15) is 32.3 Å². The van der Waals surface area contributed by atoms with E-state index in [1.165, 1.54) is 21.7 Å². The molecule has 40 heavy (non-hydrogen) atoms. The second-order valence-corrected chi connectivity index (χ2v) is 9.78. The summed E-state index contributed by atoms with van der Waals surface area (Å²) < 4.78 is 39.2. The molecule has 216 valence electrons. The third-order valence-electron chi connectivity index (χ3n) is 7.05. The minimum Gasteiger partial charge on any atom is -0.465 e. The van der Waals surface area contributed by atoms with Crippen LogP contribution >= 0.6 is 0 Å². The maximum absolute atomic E-state index is 12.7. The van der Waals surface area contributed by atoms with Crippen molar-refractivity contribution < 1.29 is 32.7 Å². The van der Waals surface area contributed by atoms with E-state index < -0.39 is 29.9 Å². The Labute approximate surface area is 227 Å². The van der Waals surface area contributed by atoms with Crippen molar-refractivity contribution in [1.82, 2.24) is 29.6 Å². The number of nitrogens with one attached hydrogen (secondary N) is 2. The lowest BCUT2D eigenvalue weighted by atomic mass is 10.0. The van der Waals surface area contributed by atoms with E-state index in [0.717, 1.165) is 37.1 Å². The molecule has 0 spiro atoms. The van der Waals surface area contributed by atoms with Crippen molar-refractivity contribution in [2.45, 2.75) is 38.5 Å². The lowest BCUT2D eigenvalue weighted by Crippen LogP contribution is -2.54. The predicted octanol–water partition coefficient (Wildman–Crippen LogP) is 2.01. The Morgan fingerprint density at radius 3 is 2.25 bits per heavy atom. The normalized spacial score (nSPS) is 17.0. The summed E-state index contributed by atoms with van der Waals surface area (Å²) >= 11 is 0. The first kappa shape index (κ1) is 28.9. The van der Waals surface area contributed by atoms with Gasteiger partial charge in [0, 0.05) is 58.1 Å². The highest BCUT2D eigenvalue weighted by molar-refractivity contribution is 5.88.